The van der Waals surface area contributed by atoms with Crippen molar-refractivity contribution in [2.24, 2.45) is 5.73 Å². The van der Waals surface area contributed by atoms with Crippen molar-refractivity contribution in [3.63, 3.8) is 0 Å². The smallest absolute Gasteiger partial charge is 0.244 e. The van der Waals surface area contributed by atoms with Crippen molar-refractivity contribution < 1.29 is 28.5 Å². The van der Waals surface area contributed by atoms with Crippen molar-refractivity contribution in [1.29, 1.82) is 0 Å². The summed E-state index contributed by atoms with van der Waals surface area (Å²) in [6.45, 7) is 12.7. The first-order chi connectivity index (χ1) is 18.0. The Bertz CT molecular complexity index is 492. The van der Waals surface area contributed by atoms with Crippen LogP contribution in [0.3, 0.4) is 0 Å². The lowest BCUT2D eigenvalue weighted by Gasteiger charge is -2.06. The lowest BCUT2D eigenvalue weighted by Crippen LogP contribution is -2.25. The van der Waals surface area contributed by atoms with E-state index >= 15 is 0 Å². The second-order valence-corrected chi connectivity index (χ2v) is 8.58. The van der Waals surface area contributed by atoms with Crippen LogP contribution in [0.15, 0.2) is 25.3 Å². The highest BCUT2D eigenvalue weighted by molar-refractivity contribution is 6.66. The van der Waals surface area contributed by atoms with E-state index in [1.54, 1.807) is 0 Å². The molecule has 0 spiro atoms. The van der Waals surface area contributed by atoms with Crippen LogP contribution < -0.4 is 11.1 Å². The number of rotatable bonds is 25. The molecule has 0 aliphatic heterocycles. The molecule has 1 amide bonds. The lowest BCUT2D eigenvalue weighted by atomic mass is 10.2. The van der Waals surface area contributed by atoms with Crippen molar-refractivity contribution >= 4 is 46.0 Å². The van der Waals surface area contributed by atoms with Gasteiger partial charge in [0, 0.05) is 38.1 Å². The molecule has 0 atom stereocenters. The third kappa shape index (κ3) is 58.0. The van der Waals surface area contributed by atoms with E-state index in [0.717, 1.165) is 56.7 Å². The summed E-state index contributed by atoms with van der Waals surface area (Å²) in [7, 11) is 0. The van der Waals surface area contributed by atoms with Crippen LogP contribution in [0.5, 0.6) is 0 Å². The van der Waals surface area contributed by atoms with Crippen LogP contribution in [-0.4, -0.2) is 88.9 Å². The van der Waals surface area contributed by atoms with E-state index in [1.165, 1.54) is 31.8 Å². The average Bonchev–Trinajstić information content (AvgIpc) is 2.91. The SMILES string of the molecule is C.C.C=CC(=O)Cl.C=CC(=O)NCCOCCOCCCCCCCl.NCCOCCOCCCCCCCl. The van der Waals surface area contributed by atoms with Crippen LogP contribution in [0.25, 0.3) is 0 Å². The van der Waals surface area contributed by atoms with Crippen molar-refractivity contribution in [1.82, 2.24) is 5.32 Å². The Morgan fingerprint density at radius 1 is 0.641 bits per heavy atom. The van der Waals surface area contributed by atoms with Crippen LogP contribution in [0.4, 0.5) is 0 Å². The molecule has 0 aliphatic carbocycles. The summed E-state index contributed by atoms with van der Waals surface area (Å²) in [6, 6.07) is 0. The Hall–Kier alpha value is -0.710. The normalized spacial score (nSPS) is 9.44. The molecule has 0 unspecified atom stereocenters. The molecule has 11 heteroatoms. The topological polar surface area (TPSA) is 109 Å². The van der Waals surface area contributed by atoms with Gasteiger partial charge in [-0.05, 0) is 49.4 Å². The van der Waals surface area contributed by atoms with Crippen molar-refractivity contribution in [3.8, 4) is 0 Å². The highest BCUT2D eigenvalue weighted by atomic mass is 35.5. The van der Waals surface area contributed by atoms with E-state index in [9.17, 15) is 9.59 Å². The number of ether oxygens (including phenoxy) is 4. The van der Waals surface area contributed by atoms with Gasteiger partial charge >= 0.3 is 0 Å². The average molecular weight is 624 g/mol. The zero-order valence-electron chi connectivity index (χ0n) is 22.4. The van der Waals surface area contributed by atoms with Gasteiger partial charge in [0.1, 0.15) is 0 Å². The molecular formula is C28H57Cl3N2O6. The minimum Gasteiger partial charge on any atom is -0.379 e. The highest BCUT2D eigenvalue weighted by Crippen LogP contribution is 2.01. The summed E-state index contributed by atoms with van der Waals surface area (Å²) < 4.78 is 21.2. The highest BCUT2D eigenvalue weighted by Gasteiger charge is 1.94. The van der Waals surface area contributed by atoms with Gasteiger partial charge in [-0.3, -0.25) is 9.59 Å². The maximum atomic E-state index is 10.8. The molecule has 39 heavy (non-hydrogen) atoms. The van der Waals surface area contributed by atoms with Gasteiger partial charge in [0.25, 0.3) is 0 Å². The number of allylic oxidation sites excluding steroid dienone is 1. The first-order valence-corrected chi connectivity index (χ1v) is 14.3. The second-order valence-electron chi connectivity index (χ2n) is 7.45. The lowest BCUT2D eigenvalue weighted by molar-refractivity contribution is -0.116. The summed E-state index contributed by atoms with van der Waals surface area (Å²) >= 11 is 15.8. The Labute approximate surface area is 254 Å². The van der Waals surface area contributed by atoms with Gasteiger partial charge in [0.15, 0.2) is 0 Å². The number of halogens is 3. The number of unbranched alkanes of at least 4 members (excludes halogenated alkanes) is 6. The third-order valence-electron chi connectivity index (χ3n) is 4.24. The molecule has 0 radical (unpaired) electrons. The van der Waals surface area contributed by atoms with Gasteiger partial charge < -0.3 is 30.0 Å². The van der Waals surface area contributed by atoms with Gasteiger partial charge in [0.2, 0.25) is 11.1 Å². The number of nitrogens with two attached hydrogens (primary N) is 1. The Kier molecular flexibility index (Phi) is 58.0. The number of carbonyl (C=O) groups is 2. The van der Waals surface area contributed by atoms with E-state index in [4.69, 9.17) is 59.5 Å². The number of hydrogen-bond acceptors (Lipinski definition) is 7. The summed E-state index contributed by atoms with van der Waals surface area (Å²) in [4.78, 5) is 20.2. The fraction of sp³-hybridized carbons (Fsp3) is 0.786. The van der Waals surface area contributed by atoms with Gasteiger partial charge in [-0.2, -0.15) is 0 Å². The van der Waals surface area contributed by atoms with E-state index in [-0.39, 0.29) is 20.8 Å². The van der Waals surface area contributed by atoms with Crippen LogP contribution in [0, 0.1) is 0 Å². The molecule has 0 fully saturated rings. The van der Waals surface area contributed by atoms with Crippen LogP contribution >= 0.6 is 34.8 Å². The second kappa shape index (κ2) is 47.1. The van der Waals surface area contributed by atoms with Crippen molar-refractivity contribution in [3.05, 3.63) is 25.3 Å². The molecule has 0 aliphatic rings. The molecule has 0 aromatic carbocycles. The fourth-order valence-corrected chi connectivity index (χ4v) is 2.73. The Morgan fingerprint density at radius 3 is 1.38 bits per heavy atom. The standard InChI is InChI=1S/C13H24ClNO3.C10H22ClNO2.C3H3ClO.2CH4/c1-2-13(16)15-8-10-18-12-11-17-9-6-4-3-5-7-14;11-5-3-1-2-4-7-13-9-10-14-8-6-12;1-2-3(4)5;;/h2H,1,3-12H2,(H,15,16);1-10,12H2;2H,1H2;2*1H4. The number of nitrogens with one attached hydrogen (secondary N) is 1. The van der Waals surface area contributed by atoms with Crippen LogP contribution in [0.2, 0.25) is 0 Å². The maximum absolute atomic E-state index is 10.8. The molecule has 3 N–H and O–H groups in total. The Balaban J connectivity index is -0.000000164. The van der Waals surface area contributed by atoms with Gasteiger partial charge in [-0.15, -0.1) is 23.2 Å². The minimum absolute atomic E-state index is 0. The van der Waals surface area contributed by atoms with Crippen LogP contribution in [-0.2, 0) is 28.5 Å². The first-order valence-electron chi connectivity index (χ1n) is 12.8. The monoisotopic (exact) mass is 622 g/mol. The molecule has 0 aromatic heterocycles. The quantitative estimate of drug-likeness (QED) is 0.0547. The van der Waals surface area contributed by atoms with Crippen LogP contribution in [0.1, 0.15) is 66.2 Å². The number of alkyl halides is 2. The largest absolute Gasteiger partial charge is 0.379 e. The molecule has 0 heterocycles. The minimum atomic E-state index is -0.509. The summed E-state index contributed by atoms with van der Waals surface area (Å²) in [5.41, 5.74) is 5.26. The molecule has 0 aromatic rings. The van der Waals surface area contributed by atoms with Gasteiger partial charge in [-0.1, -0.05) is 53.7 Å². The zero-order valence-corrected chi connectivity index (χ0v) is 24.6. The zero-order chi connectivity index (χ0) is 28.2. The van der Waals surface area contributed by atoms with E-state index < -0.39 is 5.24 Å². The molecule has 0 rings (SSSR count). The predicted octanol–water partition coefficient (Wildman–Crippen LogP) is 6.11. The van der Waals surface area contributed by atoms with E-state index in [0.29, 0.717) is 52.7 Å². The van der Waals surface area contributed by atoms with E-state index in [1.807, 2.05) is 0 Å². The first kappa shape index (κ1) is 48.0. The predicted molar refractivity (Wildman–Crippen MR) is 168 cm³/mol. The maximum Gasteiger partial charge on any atom is 0.244 e. The molecule has 0 saturated heterocycles. The van der Waals surface area contributed by atoms with Crippen molar-refractivity contribution in [2.45, 2.75) is 66.2 Å². The molecule has 0 bridgehead atoms. The van der Waals surface area contributed by atoms with Crippen molar-refractivity contribution in [2.75, 3.05) is 77.7 Å². The molecule has 0 saturated carbocycles. The number of carbonyl (C=O) groups excluding carboxylic acids is 2. The molecular weight excluding hydrogens is 567 g/mol. The third-order valence-corrected chi connectivity index (χ3v) is 4.93. The Morgan fingerprint density at radius 2 is 1.03 bits per heavy atom. The van der Waals surface area contributed by atoms with Gasteiger partial charge in [-0.25, -0.2) is 0 Å². The molecule has 236 valence electrons. The summed E-state index contributed by atoms with van der Waals surface area (Å²) in [5.74, 6) is 1.34. The number of hydrogen-bond donors (Lipinski definition) is 2. The molecule has 8 nitrogen and oxygen atoms in total. The van der Waals surface area contributed by atoms with E-state index in [2.05, 4.69) is 18.5 Å². The summed E-state index contributed by atoms with van der Waals surface area (Å²) in [5, 5.41) is 2.12. The fourth-order valence-electron chi connectivity index (χ4n) is 2.35. The van der Waals surface area contributed by atoms with Gasteiger partial charge in [0.05, 0.1) is 39.6 Å². The summed E-state index contributed by atoms with van der Waals surface area (Å²) in [6.07, 6.45) is 11.4. The number of amides is 1.